The number of rotatable bonds is 5. The van der Waals surface area contributed by atoms with Gasteiger partial charge in [-0.1, -0.05) is 19.8 Å². The molecule has 0 aromatic carbocycles. The van der Waals surface area contributed by atoms with E-state index >= 15 is 0 Å². The molecule has 6 heteroatoms. The number of carbonyl (C=O) groups excluding carboxylic acids is 1. The molecule has 0 heterocycles. The van der Waals surface area contributed by atoms with Gasteiger partial charge in [-0.3, -0.25) is 4.79 Å². The Labute approximate surface area is 105 Å². The van der Waals surface area contributed by atoms with Crippen LogP contribution in [0.15, 0.2) is 0 Å². The summed E-state index contributed by atoms with van der Waals surface area (Å²) in [6, 6.07) is 0.161. The first-order valence-corrected chi connectivity index (χ1v) is 6.32. The lowest BCUT2D eigenvalue weighted by Gasteiger charge is -2.29. The number of hydrogen-bond donors (Lipinski definition) is 1. The average molecular weight is 267 g/mol. The van der Waals surface area contributed by atoms with E-state index in [1.54, 1.807) is 0 Å². The van der Waals surface area contributed by atoms with E-state index < -0.39 is 12.8 Å². The molecule has 18 heavy (non-hydrogen) atoms. The Hall–Kier alpha value is -0.780. The van der Waals surface area contributed by atoms with Crippen molar-refractivity contribution in [1.82, 2.24) is 5.32 Å². The van der Waals surface area contributed by atoms with E-state index in [4.69, 9.17) is 0 Å². The van der Waals surface area contributed by atoms with Gasteiger partial charge in [0, 0.05) is 12.5 Å². The lowest BCUT2D eigenvalue weighted by molar-refractivity contribution is -0.174. The molecular weight excluding hydrogens is 247 g/mol. The monoisotopic (exact) mass is 267 g/mol. The maximum Gasteiger partial charge on any atom is 0.411 e. The number of halogens is 3. The van der Waals surface area contributed by atoms with Gasteiger partial charge in [-0.15, -0.1) is 0 Å². The highest BCUT2D eigenvalue weighted by Crippen LogP contribution is 2.23. The Balaban J connectivity index is 2.13. The van der Waals surface area contributed by atoms with Gasteiger partial charge >= 0.3 is 6.18 Å². The van der Waals surface area contributed by atoms with Gasteiger partial charge in [0.15, 0.2) is 0 Å². The Kier molecular flexibility index (Phi) is 5.91. The first-order valence-electron chi connectivity index (χ1n) is 6.32. The molecule has 1 aliphatic carbocycles. The summed E-state index contributed by atoms with van der Waals surface area (Å²) in [5.41, 5.74) is 0. The van der Waals surface area contributed by atoms with Crippen molar-refractivity contribution in [2.75, 3.05) is 13.2 Å². The van der Waals surface area contributed by atoms with Crippen molar-refractivity contribution >= 4 is 5.91 Å². The number of hydrogen-bond acceptors (Lipinski definition) is 2. The molecule has 1 N–H and O–H groups in total. The third kappa shape index (κ3) is 6.23. The minimum atomic E-state index is -4.33. The second kappa shape index (κ2) is 6.97. The van der Waals surface area contributed by atoms with E-state index in [9.17, 15) is 18.0 Å². The van der Waals surface area contributed by atoms with Crippen LogP contribution in [0.1, 0.15) is 39.0 Å². The van der Waals surface area contributed by atoms with Crippen LogP contribution in [0.4, 0.5) is 13.2 Å². The van der Waals surface area contributed by atoms with E-state index in [0.29, 0.717) is 5.92 Å². The normalized spacial score (nSPS) is 24.9. The molecule has 0 spiro atoms. The van der Waals surface area contributed by atoms with Crippen molar-refractivity contribution < 1.29 is 22.7 Å². The summed E-state index contributed by atoms with van der Waals surface area (Å²) in [4.78, 5) is 11.5. The molecule has 1 saturated carbocycles. The largest absolute Gasteiger partial charge is 0.411 e. The number of alkyl halides is 3. The SMILES string of the molecule is CC1CCCCC1NC(=O)CCOCC(F)(F)F. The predicted molar refractivity (Wildman–Crippen MR) is 61.1 cm³/mol. The topological polar surface area (TPSA) is 38.3 Å². The predicted octanol–water partition coefficient (Wildman–Crippen LogP) is 2.65. The van der Waals surface area contributed by atoms with Gasteiger partial charge in [-0.25, -0.2) is 0 Å². The average Bonchev–Trinajstić information content (AvgIpc) is 2.26. The van der Waals surface area contributed by atoms with Crippen LogP contribution >= 0.6 is 0 Å². The molecule has 0 aromatic heterocycles. The fraction of sp³-hybridized carbons (Fsp3) is 0.917. The van der Waals surface area contributed by atoms with Gasteiger partial charge in [0.05, 0.1) is 6.61 Å². The molecule has 106 valence electrons. The van der Waals surface area contributed by atoms with Crippen molar-refractivity contribution in [2.45, 2.75) is 51.2 Å². The minimum absolute atomic E-state index is 0.0146. The number of ether oxygens (including phenoxy) is 1. The molecule has 1 aliphatic rings. The minimum Gasteiger partial charge on any atom is -0.372 e. The van der Waals surface area contributed by atoms with Crippen LogP contribution in [0.3, 0.4) is 0 Å². The van der Waals surface area contributed by atoms with Gasteiger partial charge in [0.25, 0.3) is 0 Å². The maximum atomic E-state index is 11.8. The Bertz CT molecular complexity index is 269. The summed E-state index contributed by atoms with van der Waals surface area (Å²) in [5, 5.41) is 2.87. The standard InChI is InChI=1S/C12H20F3NO2/c1-9-4-2-3-5-10(9)16-11(17)6-7-18-8-12(13,14)15/h9-10H,2-8H2,1H3,(H,16,17). The van der Waals surface area contributed by atoms with E-state index in [1.165, 1.54) is 6.42 Å². The fourth-order valence-electron chi connectivity index (χ4n) is 2.16. The highest BCUT2D eigenvalue weighted by atomic mass is 19.4. The molecule has 2 unspecified atom stereocenters. The summed E-state index contributed by atoms with van der Waals surface area (Å²) < 4.78 is 39.7. The summed E-state index contributed by atoms with van der Waals surface area (Å²) >= 11 is 0. The van der Waals surface area contributed by atoms with Crippen molar-refractivity contribution in [1.29, 1.82) is 0 Å². The lowest BCUT2D eigenvalue weighted by Crippen LogP contribution is -2.41. The molecule has 0 saturated heterocycles. The molecule has 0 bridgehead atoms. The molecule has 1 fully saturated rings. The van der Waals surface area contributed by atoms with Gasteiger partial charge in [0.1, 0.15) is 6.61 Å². The van der Waals surface area contributed by atoms with E-state index in [1.807, 2.05) is 0 Å². The van der Waals surface area contributed by atoms with Crippen LogP contribution < -0.4 is 5.32 Å². The van der Waals surface area contributed by atoms with Crippen LogP contribution in [0, 0.1) is 5.92 Å². The summed E-state index contributed by atoms with van der Waals surface area (Å²) in [6.45, 7) is 0.608. The second-order valence-electron chi connectivity index (χ2n) is 4.85. The quantitative estimate of drug-likeness (QED) is 0.778. The van der Waals surface area contributed by atoms with Gasteiger partial charge in [-0.05, 0) is 18.8 Å². The Morgan fingerprint density at radius 1 is 1.33 bits per heavy atom. The first-order chi connectivity index (χ1) is 8.38. The van der Waals surface area contributed by atoms with Crippen LogP contribution in [-0.2, 0) is 9.53 Å². The summed E-state index contributed by atoms with van der Waals surface area (Å²) in [5.74, 6) is 0.217. The van der Waals surface area contributed by atoms with Gasteiger partial charge < -0.3 is 10.1 Å². The van der Waals surface area contributed by atoms with Crippen LogP contribution in [-0.4, -0.2) is 31.3 Å². The maximum absolute atomic E-state index is 11.8. The van der Waals surface area contributed by atoms with Gasteiger partial charge in [0.2, 0.25) is 5.91 Å². The molecule has 3 nitrogen and oxygen atoms in total. The molecule has 1 rings (SSSR count). The van der Waals surface area contributed by atoms with Crippen molar-refractivity contribution in [2.24, 2.45) is 5.92 Å². The molecule has 2 atom stereocenters. The number of nitrogens with one attached hydrogen (secondary N) is 1. The third-order valence-electron chi connectivity index (χ3n) is 3.20. The third-order valence-corrected chi connectivity index (χ3v) is 3.20. The van der Waals surface area contributed by atoms with Crippen LogP contribution in [0.2, 0.25) is 0 Å². The fourth-order valence-corrected chi connectivity index (χ4v) is 2.16. The molecule has 0 aromatic rings. The Morgan fingerprint density at radius 3 is 2.61 bits per heavy atom. The van der Waals surface area contributed by atoms with Crippen LogP contribution in [0.5, 0.6) is 0 Å². The van der Waals surface area contributed by atoms with E-state index in [0.717, 1.165) is 19.3 Å². The highest BCUT2D eigenvalue weighted by Gasteiger charge is 2.27. The van der Waals surface area contributed by atoms with Crippen molar-refractivity contribution in [3.63, 3.8) is 0 Å². The second-order valence-corrected chi connectivity index (χ2v) is 4.85. The van der Waals surface area contributed by atoms with Gasteiger partial charge in [-0.2, -0.15) is 13.2 Å². The van der Waals surface area contributed by atoms with Crippen molar-refractivity contribution in [3.05, 3.63) is 0 Å². The summed E-state index contributed by atoms with van der Waals surface area (Å²) in [6.07, 6.45) is -0.0123. The lowest BCUT2D eigenvalue weighted by atomic mass is 9.86. The highest BCUT2D eigenvalue weighted by molar-refractivity contribution is 5.76. The molecule has 0 radical (unpaired) electrons. The molecular formula is C12H20F3NO2. The van der Waals surface area contributed by atoms with E-state index in [-0.39, 0.29) is 25.0 Å². The summed E-state index contributed by atoms with van der Waals surface area (Å²) in [7, 11) is 0. The van der Waals surface area contributed by atoms with Crippen LogP contribution in [0.25, 0.3) is 0 Å². The zero-order chi connectivity index (χ0) is 13.6. The smallest absolute Gasteiger partial charge is 0.372 e. The first kappa shape index (κ1) is 15.3. The number of carbonyl (C=O) groups is 1. The molecule has 0 aliphatic heterocycles. The van der Waals surface area contributed by atoms with E-state index in [2.05, 4.69) is 17.0 Å². The van der Waals surface area contributed by atoms with Crippen molar-refractivity contribution in [3.8, 4) is 0 Å². The Morgan fingerprint density at radius 2 is 2.00 bits per heavy atom. The zero-order valence-electron chi connectivity index (χ0n) is 10.6. The zero-order valence-corrected chi connectivity index (χ0v) is 10.6. The molecule has 1 amide bonds. The number of amides is 1.